The molecule has 0 aliphatic heterocycles. The third-order valence-corrected chi connectivity index (χ3v) is 0.547. The van der Waals surface area contributed by atoms with E-state index in [0.29, 0.717) is 0 Å². The van der Waals surface area contributed by atoms with Crippen LogP contribution in [-0.4, -0.2) is 19.6 Å². The minimum Gasteiger partial charge on any atom is -0.277 e. The molecule has 44 valence electrons. The second-order valence-corrected chi connectivity index (χ2v) is 1.20. The maximum absolute atomic E-state index is 3.78. The van der Waals surface area contributed by atoms with Gasteiger partial charge in [-0.05, 0) is 13.0 Å². The van der Waals surface area contributed by atoms with E-state index < -0.39 is 0 Å². The monoisotopic (exact) mass is 110 g/mol. The standard InChI is InChI=1S/C6H10N2/c1-3-4-5-8-6-7-2/h3-6H,1-2H3/b4-3-,7-6-,8-5-. The van der Waals surface area contributed by atoms with Crippen molar-refractivity contribution in [1.82, 2.24) is 0 Å². The fraction of sp³-hybridized carbons (Fsp3) is 0.333. The molecule has 0 aliphatic carbocycles. The molecule has 0 saturated carbocycles. The Kier molecular flexibility index (Phi) is 5.38. The third-order valence-electron chi connectivity index (χ3n) is 0.547. The summed E-state index contributed by atoms with van der Waals surface area (Å²) in [6.45, 7) is 1.94. The zero-order chi connectivity index (χ0) is 6.24. The number of allylic oxidation sites excluding steroid dienone is 2. The van der Waals surface area contributed by atoms with Crippen LogP contribution in [0.4, 0.5) is 0 Å². The maximum Gasteiger partial charge on any atom is 0.109 e. The van der Waals surface area contributed by atoms with Crippen LogP contribution >= 0.6 is 0 Å². The van der Waals surface area contributed by atoms with E-state index in [1.807, 2.05) is 19.1 Å². The lowest BCUT2D eigenvalue weighted by Gasteiger charge is -1.69. The minimum atomic E-state index is 1.50. The summed E-state index contributed by atoms with van der Waals surface area (Å²) in [7, 11) is 1.69. The van der Waals surface area contributed by atoms with Gasteiger partial charge in [0.15, 0.2) is 0 Å². The molecular formula is C6H10N2. The summed E-state index contributed by atoms with van der Waals surface area (Å²) in [6.07, 6.45) is 6.95. The summed E-state index contributed by atoms with van der Waals surface area (Å²) >= 11 is 0. The van der Waals surface area contributed by atoms with Crippen LogP contribution in [0.5, 0.6) is 0 Å². The molecule has 0 aromatic carbocycles. The van der Waals surface area contributed by atoms with Crippen molar-refractivity contribution in [3.63, 3.8) is 0 Å². The Bertz CT molecular complexity index is 97.7. The van der Waals surface area contributed by atoms with Crippen molar-refractivity contribution in [2.75, 3.05) is 7.05 Å². The number of hydrogen-bond donors (Lipinski definition) is 0. The lowest BCUT2D eigenvalue weighted by molar-refractivity contribution is 1.45. The summed E-state index contributed by atoms with van der Waals surface area (Å²) in [5, 5.41) is 0. The van der Waals surface area contributed by atoms with Crippen LogP contribution in [0, 0.1) is 0 Å². The van der Waals surface area contributed by atoms with Crippen molar-refractivity contribution >= 4 is 12.6 Å². The average Bonchev–Trinajstić information content (AvgIpc) is 1.81. The maximum atomic E-state index is 3.78. The highest BCUT2D eigenvalue weighted by Gasteiger charge is 1.56. The molecule has 2 nitrogen and oxygen atoms in total. The Morgan fingerprint density at radius 2 is 2.12 bits per heavy atom. The summed E-state index contributed by atoms with van der Waals surface area (Å²) < 4.78 is 0. The van der Waals surface area contributed by atoms with Crippen molar-refractivity contribution in [2.45, 2.75) is 6.92 Å². The van der Waals surface area contributed by atoms with Gasteiger partial charge in [0.05, 0.1) is 0 Å². The summed E-state index contributed by atoms with van der Waals surface area (Å²) in [4.78, 5) is 7.43. The largest absolute Gasteiger partial charge is 0.277 e. The van der Waals surface area contributed by atoms with Crippen molar-refractivity contribution in [2.24, 2.45) is 9.98 Å². The minimum absolute atomic E-state index is 1.50. The molecule has 0 bridgehead atoms. The topological polar surface area (TPSA) is 24.7 Å². The van der Waals surface area contributed by atoms with Gasteiger partial charge in [-0.1, -0.05) is 6.08 Å². The molecular weight excluding hydrogens is 100 g/mol. The van der Waals surface area contributed by atoms with E-state index >= 15 is 0 Å². The lowest BCUT2D eigenvalue weighted by atomic mass is 10.6. The Hall–Kier alpha value is -0.920. The molecule has 0 radical (unpaired) electrons. The second-order valence-electron chi connectivity index (χ2n) is 1.20. The van der Waals surface area contributed by atoms with Crippen LogP contribution in [-0.2, 0) is 0 Å². The summed E-state index contributed by atoms with van der Waals surface area (Å²) in [6, 6.07) is 0. The van der Waals surface area contributed by atoms with Gasteiger partial charge >= 0.3 is 0 Å². The van der Waals surface area contributed by atoms with Crippen LogP contribution in [0.2, 0.25) is 0 Å². The molecule has 0 fully saturated rings. The first-order chi connectivity index (χ1) is 3.91. The SMILES string of the molecule is C\C=C/C=N\C=N/C. The van der Waals surface area contributed by atoms with Crippen molar-refractivity contribution in [3.8, 4) is 0 Å². The van der Waals surface area contributed by atoms with Gasteiger partial charge in [-0.3, -0.25) is 4.99 Å². The molecule has 0 heterocycles. The smallest absolute Gasteiger partial charge is 0.109 e. The molecule has 0 aromatic heterocycles. The Labute approximate surface area is 49.7 Å². The van der Waals surface area contributed by atoms with E-state index in [1.54, 1.807) is 13.3 Å². The molecule has 0 N–H and O–H groups in total. The van der Waals surface area contributed by atoms with Gasteiger partial charge in [-0.2, -0.15) is 0 Å². The average molecular weight is 110 g/mol. The Balaban J connectivity index is 3.35. The summed E-state index contributed by atoms with van der Waals surface area (Å²) in [5.41, 5.74) is 0. The van der Waals surface area contributed by atoms with Gasteiger partial charge in [0.2, 0.25) is 0 Å². The van der Waals surface area contributed by atoms with Gasteiger partial charge in [0, 0.05) is 13.3 Å². The van der Waals surface area contributed by atoms with Crippen molar-refractivity contribution in [1.29, 1.82) is 0 Å². The van der Waals surface area contributed by atoms with Gasteiger partial charge in [-0.15, -0.1) is 0 Å². The van der Waals surface area contributed by atoms with Gasteiger partial charge < -0.3 is 0 Å². The predicted octanol–water partition coefficient (Wildman–Crippen LogP) is 1.29. The van der Waals surface area contributed by atoms with Crippen molar-refractivity contribution < 1.29 is 0 Å². The molecule has 0 aromatic rings. The Morgan fingerprint density at radius 3 is 2.62 bits per heavy atom. The van der Waals surface area contributed by atoms with Crippen LogP contribution in [0.15, 0.2) is 22.1 Å². The number of nitrogens with zero attached hydrogens (tertiary/aromatic N) is 2. The third kappa shape index (κ3) is 5.08. The molecule has 0 rings (SSSR count). The molecule has 0 spiro atoms. The molecule has 2 heteroatoms. The van der Waals surface area contributed by atoms with Gasteiger partial charge in [0.1, 0.15) is 6.34 Å². The quantitative estimate of drug-likeness (QED) is 0.378. The fourth-order valence-corrected chi connectivity index (χ4v) is 0.241. The van der Waals surface area contributed by atoms with Crippen LogP contribution in [0.3, 0.4) is 0 Å². The van der Waals surface area contributed by atoms with E-state index in [9.17, 15) is 0 Å². The van der Waals surface area contributed by atoms with Gasteiger partial charge in [0.25, 0.3) is 0 Å². The fourth-order valence-electron chi connectivity index (χ4n) is 0.241. The molecule has 8 heavy (non-hydrogen) atoms. The van der Waals surface area contributed by atoms with E-state index in [-0.39, 0.29) is 0 Å². The normalized spacial score (nSPS) is 12.8. The van der Waals surface area contributed by atoms with E-state index in [1.165, 1.54) is 6.34 Å². The van der Waals surface area contributed by atoms with Crippen LogP contribution in [0.25, 0.3) is 0 Å². The first kappa shape index (κ1) is 7.08. The number of aliphatic imine (C=N–C) groups is 2. The molecule has 0 unspecified atom stereocenters. The van der Waals surface area contributed by atoms with Crippen LogP contribution < -0.4 is 0 Å². The van der Waals surface area contributed by atoms with Crippen molar-refractivity contribution in [3.05, 3.63) is 12.2 Å². The zero-order valence-corrected chi connectivity index (χ0v) is 5.20. The molecule has 0 atom stereocenters. The highest BCUT2D eigenvalue weighted by molar-refractivity contribution is 5.79. The Morgan fingerprint density at radius 1 is 1.38 bits per heavy atom. The highest BCUT2D eigenvalue weighted by Crippen LogP contribution is 1.63. The summed E-state index contributed by atoms with van der Waals surface area (Å²) in [5.74, 6) is 0. The first-order valence-electron chi connectivity index (χ1n) is 2.47. The van der Waals surface area contributed by atoms with E-state index in [2.05, 4.69) is 9.98 Å². The predicted molar refractivity (Wildman–Crippen MR) is 37.7 cm³/mol. The lowest BCUT2D eigenvalue weighted by Crippen LogP contribution is -1.65. The highest BCUT2D eigenvalue weighted by atomic mass is 14.8. The number of hydrogen-bond acceptors (Lipinski definition) is 1. The molecule has 0 amide bonds. The zero-order valence-electron chi connectivity index (χ0n) is 5.20. The molecule has 0 aliphatic rings. The van der Waals surface area contributed by atoms with Gasteiger partial charge in [-0.25, -0.2) is 4.99 Å². The number of rotatable bonds is 2. The van der Waals surface area contributed by atoms with E-state index in [4.69, 9.17) is 0 Å². The van der Waals surface area contributed by atoms with Crippen LogP contribution in [0.1, 0.15) is 6.92 Å². The second kappa shape index (κ2) is 6.08. The first-order valence-corrected chi connectivity index (χ1v) is 2.47. The molecule has 0 saturated heterocycles. The van der Waals surface area contributed by atoms with E-state index in [0.717, 1.165) is 0 Å².